The number of hydrogen-bond donors (Lipinski definition) is 1. The molecule has 0 unspecified atom stereocenters. The molecule has 1 saturated carbocycles. The Morgan fingerprint density at radius 1 is 1.24 bits per heavy atom. The van der Waals surface area contributed by atoms with Gasteiger partial charge in [0, 0.05) is 36.9 Å². The lowest BCUT2D eigenvalue weighted by Gasteiger charge is -2.21. The third-order valence-corrected chi connectivity index (χ3v) is 8.22. The number of carbonyl (C=O) groups is 2. The summed E-state index contributed by atoms with van der Waals surface area (Å²) < 4.78 is 1.90. The second kappa shape index (κ2) is 10.7. The van der Waals surface area contributed by atoms with Gasteiger partial charge < -0.3 is 14.8 Å². The van der Waals surface area contributed by atoms with Crippen LogP contribution in [0.15, 0.2) is 40.1 Å². The minimum Gasteiger partial charge on any atom is -0.349 e. The van der Waals surface area contributed by atoms with E-state index < -0.39 is 17.2 Å². The Morgan fingerprint density at radius 3 is 2.65 bits per heavy atom. The molecule has 2 amide bonds. The van der Waals surface area contributed by atoms with Gasteiger partial charge in [-0.25, -0.2) is 4.98 Å². The highest BCUT2D eigenvalue weighted by Crippen LogP contribution is 2.30. The van der Waals surface area contributed by atoms with Crippen molar-refractivity contribution in [2.75, 3.05) is 7.05 Å². The van der Waals surface area contributed by atoms with Crippen LogP contribution in [0.1, 0.15) is 78.4 Å². The molecule has 180 valence electrons. The average Bonchev–Trinajstić information content (AvgIpc) is 3.61. The summed E-state index contributed by atoms with van der Waals surface area (Å²) in [6.45, 7) is 4.15. The lowest BCUT2D eigenvalue weighted by Crippen LogP contribution is -2.38. The number of amides is 2. The Morgan fingerprint density at radius 2 is 1.97 bits per heavy atom. The summed E-state index contributed by atoms with van der Waals surface area (Å²) in [6, 6.07) is 4.13. The number of pyridine rings is 1. The van der Waals surface area contributed by atoms with Gasteiger partial charge in [-0.05, 0) is 37.6 Å². The molecule has 0 radical (unpaired) electrons. The zero-order chi connectivity index (χ0) is 24.2. The maximum atomic E-state index is 13.4. The summed E-state index contributed by atoms with van der Waals surface area (Å²) in [5.41, 5.74) is 0.301. The first-order chi connectivity index (χ1) is 16.4. The number of aromatic nitrogens is 2. The number of nitrogens with zero attached hydrogens (tertiary/aromatic N) is 3. The van der Waals surface area contributed by atoms with Gasteiger partial charge in [0.05, 0.1) is 17.1 Å². The van der Waals surface area contributed by atoms with Crippen molar-refractivity contribution >= 4 is 34.5 Å². The van der Waals surface area contributed by atoms with Gasteiger partial charge in [0.1, 0.15) is 16.1 Å². The van der Waals surface area contributed by atoms with E-state index in [2.05, 4.69) is 10.3 Å². The van der Waals surface area contributed by atoms with Crippen molar-refractivity contribution in [3.63, 3.8) is 0 Å². The van der Waals surface area contributed by atoms with E-state index in [9.17, 15) is 14.4 Å². The molecule has 0 spiro atoms. The largest absolute Gasteiger partial charge is 0.349 e. The number of thiophene rings is 1. The normalized spacial score (nSPS) is 14.8. The molecule has 3 heterocycles. The summed E-state index contributed by atoms with van der Waals surface area (Å²) >= 11 is 3.16. The predicted octanol–water partition coefficient (Wildman–Crippen LogP) is 4.95. The zero-order valence-electron chi connectivity index (χ0n) is 19.7. The van der Waals surface area contributed by atoms with E-state index in [0.29, 0.717) is 0 Å². The van der Waals surface area contributed by atoms with Gasteiger partial charge in [-0.1, -0.05) is 25.8 Å². The summed E-state index contributed by atoms with van der Waals surface area (Å²) in [7, 11) is 1.66. The summed E-state index contributed by atoms with van der Waals surface area (Å²) in [6.07, 6.45) is 8.17. The van der Waals surface area contributed by atoms with Crippen LogP contribution in [0.3, 0.4) is 0 Å². The second-order valence-corrected chi connectivity index (χ2v) is 10.7. The Hall–Kier alpha value is -2.78. The van der Waals surface area contributed by atoms with E-state index >= 15 is 0 Å². The van der Waals surface area contributed by atoms with Gasteiger partial charge in [0.2, 0.25) is 5.43 Å². The number of carbonyl (C=O) groups excluding carboxylic acids is 2. The number of rotatable bonds is 8. The molecule has 3 aromatic rings. The molecule has 1 atom stereocenters. The lowest BCUT2D eigenvalue weighted by molar-refractivity contribution is 0.0781. The van der Waals surface area contributed by atoms with Crippen molar-refractivity contribution in [2.45, 2.75) is 64.6 Å². The Labute approximate surface area is 207 Å². The van der Waals surface area contributed by atoms with Crippen LogP contribution in [-0.4, -0.2) is 39.4 Å². The monoisotopic (exact) mass is 498 g/mol. The van der Waals surface area contributed by atoms with Crippen molar-refractivity contribution in [2.24, 2.45) is 0 Å². The average molecular weight is 499 g/mol. The molecule has 3 aromatic heterocycles. The molecule has 4 rings (SSSR count). The van der Waals surface area contributed by atoms with Crippen LogP contribution >= 0.6 is 22.7 Å². The topological polar surface area (TPSA) is 84.3 Å². The van der Waals surface area contributed by atoms with Crippen molar-refractivity contribution in [1.82, 2.24) is 19.8 Å². The highest BCUT2D eigenvalue weighted by atomic mass is 32.1. The highest BCUT2D eigenvalue weighted by Gasteiger charge is 2.25. The molecule has 1 aliphatic rings. The zero-order valence-corrected chi connectivity index (χ0v) is 21.4. The lowest BCUT2D eigenvalue weighted by atomic mass is 10.1. The molecule has 7 nitrogen and oxygen atoms in total. The fraction of sp³-hybridized carbons (Fsp3) is 0.440. The number of thiazole rings is 1. The molecule has 0 aliphatic heterocycles. The number of nitrogens with one attached hydrogen (secondary N) is 1. The van der Waals surface area contributed by atoms with Crippen LogP contribution in [0.5, 0.6) is 0 Å². The molecule has 34 heavy (non-hydrogen) atoms. The summed E-state index contributed by atoms with van der Waals surface area (Å²) in [4.78, 5) is 46.8. The number of hydrogen-bond acceptors (Lipinski definition) is 6. The van der Waals surface area contributed by atoms with Crippen LogP contribution in [0.4, 0.5) is 0 Å². The van der Waals surface area contributed by atoms with Crippen LogP contribution in [-0.2, 0) is 6.54 Å². The van der Waals surface area contributed by atoms with Crippen LogP contribution in [0, 0.1) is 0 Å². The van der Waals surface area contributed by atoms with Crippen molar-refractivity contribution in [1.29, 1.82) is 0 Å². The van der Waals surface area contributed by atoms with Gasteiger partial charge in [0.25, 0.3) is 11.8 Å². The molecule has 9 heteroatoms. The molecule has 0 bridgehead atoms. The Kier molecular flexibility index (Phi) is 7.63. The van der Waals surface area contributed by atoms with Crippen molar-refractivity contribution < 1.29 is 9.59 Å². The van der Waals surface area contributed by atoms with Crippen LogP contribution < -0.4 is 10.7 Å². The molecular formula is C25H30N4O3S2. The van der Waals surface area contributed by atoms with Crippen LogP contribution in [0.25, 0.3) is 9.88 Å². The SMILES string of the molecule is CC[C@H](C)NC(=O)c1cn(C2CCCC2)cc(C(=O)N(C)Cc2csc(-c3cccs3)n2)c1=O. The smallest absolute Gasteiger partial charge is 0.259 e. The fourth-order valence-corrected chi connectivity index (χ4v) is 5.77. The highest BCUT2D eigenvalue weighted by molar-refractivity contribution is 7.20. The van der Waals surface area contributed by atoms with Gasteiger partial charge in [-0.15, -0.1) is 22.7 Å². The van der Waals surface area contributed by atoms with Crippen molar-refractivity contribution in [3.05, 3.63) is 62.3 Å². The quantitative estimate of drug-likeness (QED) is 0.476. The predicted molar refractivity (Wildman–Crippen MR) is 137 cm³/mol. The molecule has 1 fully saturated rings. The van der Waals surface area contributed by atoms with E-state index in [1.807, 2.05) is 41.3 Å². The van der Waals surface area contributed by atoms with Gasteiger partial charge >= 0.3 is 0 Å². The van der Waals surface area contributed by atoms with E-state index in [1.54, 1.807) is 30.8 Å². The van der Waals surface area contributed by atoms with Gasteiger partial charge in [0.15, 0.2) is 0 Å². The first-order valence-electron chi connectivity index (χ1n) is 11.7. The van der Waals surface area contributed by atoms with E-state index in [-0.39, 0.29) is 29.8 Å². The fourth-order valence-electron chi connectivity index (χ4n) is 4.14. The van der Waals surface area contributed by atoms with Gasteiger partial charge in [-0.2, -0.15) is 0 Å². The minimum absolute atomic E-state index is 0.0277. The summed E-state index contributed by atoms with van der Waals surface area (Å²) in [5.74, 6) is -0.830. The molecule has 1 aliphatic carbocycles. The maximum Gasteiger partial charge on any atom is 0.259 e. The first kappa shape index (κ1) is 24.3. The van der Waals surface area contributed by atoms with Crippen molar-refractivity contribution in [3.8, 4) is 9.88 Å². The molecular weight excluding hydrogens is 468 g/mol. The Balaban J connectivity index is 1.61. The first-order valence-corrected chi connectivity index (χ1v) is 13.4. The summed E-state index contributed by atoms with van der Waals surface area (Å²) in [5, 5.41) is 7.73. The van der Waals surface area contributed by atoms with E-state index in [0.717, 1.165) is 47.7 Å². The molecule has 0 saturated heterocycles. The molecule has 1 N–H and O–H groups in total. The third-order valence-electron chi connectivity index (χ3n) is 6.29. The van der Waals surface area contributed by atoms with E-state index in [4.69, 9.17) is 0 Å². The van der Waals surface area contributed by atoms with E-state index in [1.165, 1.54) is 16.2 Å². The Bertz CT molecular complexity index is 1210. The van der Waals surface area contributed by atoms with Gasteiger partial charge in [-0.3, -0.25) is 14.4 Å². The minimum atomic E-state index is -0.524. The molecule has 0 aromatic carbocycles. The van der Waals surface area contributed by atoms with Crippen LogP contribution in [0.2, 0.25) is 0 Å². The third kappa shape index (κ3) is 5.31. The maximum absolute atomic E-state index is 13.4. The standard InChI is InChI=1S/C25H30N4O3S2/c1-4-16(2)26-23(31)19-13-29(18-8-5-6-9-18)14-20(22(19)30)25(32)28(3)12-17-15-34-24(27-17)21-10-7-11-33-21/h7,10-11,13-16,18H,4-6,8-9,12H2,1-3H3,(H,26,31)/t16-/m0/s1. The second-order valence-electron chi connectivity index (χ2n) is 8.87.